The Labute approximate surface area is 338 Å². The van der Waals surface area contributed by atoms with Crippen molar-refractivity contribution in [1.29, 1.82) is 0 Å². The second-order valence-electron chi connectivity index (χ2n) is 14.1. The molecule has 0 spiro atoms. The minimum atomic E-state index is 0.258. The van der Waals surface area contributed by atoms with Gasteiger partial charge in [0.2, 0.25) is 11.8 Å². The molecule has 6 nitrogen and oxygen atoms in total. The summed E-state index contributed by atoms with van der Waals surface area (Å²) < 4.78 is 18.4. The lowest BCUT2D eigenvalue weighted by atomic mass is 9.97. The Morgan fingerprint density at radius 2 is 0.914 bits per heavy atom. The first-order valence-electron chi connectivity index (χ1n) is 19.5. The molecule has 0 unspecified atom stereocenters. The molecule has 0 aliphatic heterocycles. The van der Waals surface area contributed by atoms with Crippen molar-refractivity contribution in [2.24, 2.45) is 0 Å². The quantitative estimate of drug-likeness (QED) is 0.104. The molecule has 0 saturated carbocycles. The molecule has 6 heteroatoms. The summed E-state index contributed by atoms with van der Waals surface area (Å²) in [5, 5.41) is 4.51. The van der Waals surface area contributed by atoms with Gasteiger partial charge in [-0.05, 0) is 51.4 Å². The van der Waals surface area contributed by atoms with Crippen LogP contribution < -0.4 is 9.47 Å². The van der Waals surface area contributed by atoms with Gasteiger partial charge in [-0.25, -0.2) is 0 Å². The molecule has 0 saturated heterocycles. The number of hydrogen-bond acceptors (Lipinski definition) is 4. The predicted molar refractivity (Wildman–Crippen MR) is 237 cm³/mol. The molecule has 0 amide bonds. The molecule has 0 aliphatic carbocycles. The first-order valence-corrected chi connectivity index (χ1v) is 19.5. The van der Waals surface area contributed by atoms with E-state index in [9.17, 15) is 0 Å². The number of nitrogens with zero attached hydrogens (tertiary/aromatic N) is 4. The third kappa shape index (κ3) is 7.08. The van der Waals surface area contributed by atoms with Crippen LogP contribution in [-0.4, -0.2) is 19.1 Å². The highest BCUT2D eigenvalue weighted by molar-refractivity contribution is 5.92. The van der Waals surface area contributed by atoms with Gasteiger partial charge in [-0.3, -0.25) is 0 Å². The van der Waals surface area contributed by atoms with Crippen LogP contribution in [-0.2, 0) is 26.3 Å². The van der Waals surface area contributed by atoms with Crippen molar-refractivity contribution in [1.82, 2.24) is 19.1 Å². The van der Waals surface area contributed by atoms with Gasteiger partial charge >= 0.3 is 0 Å². The third-order valence-electron chi connectivity index (χ3n) is 10.6. The molecule has 0 radical (unpaired) electrons. The highest BCUT2D eigenvalue weighted by Crippen LogP contribution is 2.41. The maximum atomic E-state index is 7.00. The predicted octanol–water partition coefficient (Wildman–Crippen LogP) is 12.6. The molecule has 0 N–H and O–H groups in total. The molecule has 282 valence electrons. The molecule has 0 bridgehead atoms. The van der Waals surface area contributed by atoms with E-state index in [1.807, 2.05) is 60.7 Å². The second-order valence-corrected chi connectivity index (χ2v) is 14.1. The minimum Gasteiger partial charge on any atom is -0.472 e. The lowest BCUT2D eigenvalue weighted by Gasteiger charge is -2.20. The van der Waals surface area contributed by atoms with Gasteiger partial charge in [0, 0.05) is 64.7 Å². The van der Waals surface area contributed by atoms with Gasteiger partial charge in [0.15, 0.2) is 5.82 Å². The molecule has 9 rings (SSSR count). The Morgan fingerprint density at radius 1 is 0.466 bits per heavy atom. The Balaban J connectivity index is 1.20. The topological polar surface area (TPSA) is 54.1 Å². The second kappa shape index (κ2) is 16.3. The van der Waals surface area contributed by atoms with Gasteiger partial charge in [0.25, 0.3) is 0 Å². The van der Waals surface area contributed by atoms with Gasteiger partial charge in [-0.15, -0.1) is 13.2 Å². The summed E-state index contributed by atoms with van der Waals surface area (Å²) in [6.45, 7) is 9.90. The van der Waals surface area contributed by atoms with E-state index in [-0.39, 0.29) is 13.2 Å². The number of benzene rings is 6. The van der Waals surface area contributed by atoms with Crippen molar-refractivity contribution < 1.29 is 9.47 Å². The molecular weight excluding hydrogens is 713 g/mol. The summed E-state index contributed by atoms with van der Waals surface area (Å²) in [7, 11) is 0. The summed E-state index contributed by atoms with van der Waals surface area (Å²) in [5.41, 5.74) is 8.92. The van der Waals surface area contributed by atoms with Gasteiger partial charge in [-0.2, -0.15) is 9.97 Å². The monoisotopic (exact) mass is 754 g/mol. The summed E-state index contributed by atoms with van der Waals surface area (Å²) in [6, 6.07) is 54.2. The fourth-order valence-electron chi connectivity index (χ4n) is 7.86. The Bertz CT molecular complexity index is 2730. The maximum absolute atomic E-state index is 7.00. The molecule has 0 fully saturated rings. The van der Waals surface area contributed by atoms with Gasteiger partial charge in [0.05, 0.1) is 0 Å². The minimum absolute atomic E-state index is 0.258. The third-order valence-corrected chi connectivity index (χ3v) is 10.6. The average Bonchev–Trinajstić information content (AvgIpc) is 3.95. The normalized spacial score (nSPS) is 11.2. The molecule has 58 heavy (non-hydrogen) atoms. The van der Waals surface area contributed by atoms with Gasteiger partial charge in [-0.1, -0.05) is 146 Å². The Morgan fingerprint density at radius 3 is 1.40 bits per heavy atom. The van der Waals surface area contributed by atoms with Crippen LogP contribution in [0.5, 0.6) is 11.8 Å². The molecule has 6 aromatic carbocycles. The van der Waals surface area contributed by atoms with Crippen LogP contribution in [0.1, 0.15) is 11.1 Å². The highest BCUT2D eigenvalue weighted by atomic mass is 16.5. The van der Waals surface area contributed by atoms with E-state index in [2.05, 4.69) is 144 Å². The van der Waals surface area contributed by atoms with E-state index in [0.717, 1.165) is 66.3 Å². The zero-order valence-corrected chi connectivity index (χ0v) is 32.2. The van der Waals surface area contributed by atoms with Crippen LogP contribution in [0.4, 0.5) is 0 Å². The van der Waals surface area contributed by atoms with E-state index in [1.165, 1.54) is 0 Å². The number of allylic oxidation sites excluding steroid dienone is 2. The summed E-state index contributed by atoms with van der Waals surface area (Å²) in [4.78, 5) is 10.3. The maximum Gasteiger partial charge on any atom is 0.229 e. The smallest absolute Gasteiger partial charge is 0.229 e. The van der Waals surface area contributed by atoms with Crippen molar-refractivity contribution >= 4 is 21.5 Å². The van der Waals surface area contributed by atoms with Crippen molar-refractivity contribution in [3.63, 3.8) is 0 Å². The fraction of sp³-hybridized carbons (Fsp3) is 0.0769. The van der Waals surface area contributed by atoms with Gasteiger partial charge in [0.1, 0.15) is 18.8 Å². The van der Waals surface area contributed by atoms with E-state index in [4.69, 9.17) is 19.4 Å². The first kappa shape index (κ1) is 36.2. The number of rotatable bonds is 14. The van der Waals surface area contributed by atoms with Crippen LogP contribution in [0.2, 0.25) is 0 Å². The number of aromatic nitrogens is 4. The lowest BCUT2D eigenvalue weighted by molar-refractivity contribution is 0.278. The van der Waals surface area contributed by atoms with Gasteiger partial charge < -0.3 is 18.6 Å². The molecule has 9 aromatic rings. The van der Waals surface area contributed by atoms with Crippen LogP contribution in [0, 0.1) is 0 Å². The molecule has 0 atom stereocenters. The number of fused-ring (bicyclic) bond motifs is 2. The standard InChI is InChI=1S/C52H42N4O2/c1-3-31-55-33-15-25-47(55)43-29-27-37-17-11-13-23-41(37)45(43)35-57-51-49(39-19-7-5-8-20-39)52(54-50(53-51)40-21-9-6-10-22-40)58-36-46-42-24-14-12-18-38(42)28-30-44(46)48-26-16-34-56(48)32-4-2/h3-30,33-34H,1-2,31-32,35-36H2. The number of hydrogen-bond donors (Lipinski definition) is 0. The zero-order chi connectivity index (χ0) is 39.3. The Kier molecular flexibility index (Phi) is 10.2. The molecule has 0 aliphatic rings. The van der Waals surface area contributed by atoms with Crippen molar-refractivity contribution in [3.8, 4) is 56.8 Å². The van der Waals surface area contributed by atoms with E-state index < -0.39 is 0 Å². The summed E-state index contributed by atoms with van der Waals surface area (Å²) >= 11 is 0. The molecule has 3 aromatic heterocycles. The van der Waals surface area contributed by atoms with E-state index >= 15 is 0 Å². The number of ether oxygens (including phenoxy) is 2. The molecule has 3 heterocycles. The van der Waals surface area contributed by atoms with Crippen LogP contribution in [0.15, 0.2) is 195 Å². The first-order chi connectivity index (χ1) is 28.7. The van der Waals surface area contributed by atoms with Crippen molar-refractivity contribution in [2.75, 3.05) is 0 Å². The summed E-state index contributed by atoms with van der Waals surface area (Å²) in [5.74, 6) is 1.39. The van der Waals surface area contributed by atoms with Crippen molar-refractivity contribution in [3.05, 3.63) is 207 Å². The fourth-order valence-corrected chi connectivity index (χ4v) is 7.86. The van der Waals surface area contributed by atoms with E-state index in [0.29, 0.717) is 36.2 Å². The average molecular weight is 755 g/mol. The van der Waals surface area contributed by atoms with Crippen LogP contribution in [0.25, 0.3) is 66.6 Å². The van der Waals surface area contributed by atoms with E-state index in [1.54, 1.807) is 0 Å². The van der Waals surface area contributed by atoms with Crippen molar-refractivity contribution in [2.45, 2.75) is 26.3 Å². The lowest BCUT2D eigenvalue weighted by Crippen LogP contribution is -2.08. The molecular formula is C52H42N4O2. The Hall–Kier alpha value is -7.44. The highest BCUT2D eigenvalue weighted by Gasteiger charge is 2.23. The largest absolute Gasteiger partial charge is 0.472 e. The SMILES string of the molecule is C=CCn1cccc1-c1ccc2ccccc2c1COc1nc(-c2ccccc2)nc(OCc2c(-c3cccn3CC=C)ccc3ccccc23)c1-c1ccccc1. The van der Waals surface area contributed by atoms with Crippen LogP contribution >= 0.6 is 0 Å². The zero-order valence-electron chi connectivity index (χ0n) is 32.2. The van der Waals surface area contributed by atoms with Crippen LogP contribution in [0.3, 0.4) is 0 Å². The summed E-state index contributed by atoms with van der Waals surface area (Å²) in [6.07, 6.45) is 8.01.